The number of rotatable bonds is 6. The summed E-state index contributed by atoms with van der Waals surface area (Å²) >= 11 is 0. The van der Waals surface area contributed by atoms with E-state index in [0.29, 0.717) is 0 Å². The molecular weight excluding hydrogens is 234 g/mol. The van der Waals surface area contributed by atoms with Gasteiger partial charge in [-0.05, 0) is 6.92 Å². The summed E-state index contributed by atoms with van der Waals surface area (Å²) < 4.78 is 19.0. The van der Waals surface area contributed by atoms with Crippen LogP contribution in [0.15, 0.2) is 12.2 Å². The van der Waals surface area contributed by atoms with Crippen molar-refractivity contribution >= 4 is 13.8 Å². The maximum Gasteiger partial charge on any atom is 1.00 e. The van der Waals surface area contributed by atoms with Gasteiger partial charge in [0.15, 0.2) is 0 Å². The minimum Gasteiger partial charge on any atom is -1.00 e. The van der Waals surface area contributed by atoms with Crippen LogP contribution in [0.1, 0.15) is 14.8 Å². The molecule has 0 fully saturated rings. The van der Waals surface area contributed by atoms with E-state index >= 15 is 0 Å². The maximum atomic E-state index is 10.8. The van der Waals surface area contributed by atoms with Crippen molar-refractivity contribution in [3.05, 3.63) is 12.2 Å². The molecule has 0 bridgehead atoms. The summed E-state index contributed by atoms with van der Waals surface area (Å²) in [5.41, 5.74) is 0.279. The topological polar surface area (TPSA) is 93.1 Å². The predicted octanol–water partition coefficient (Wildman–Crippen LogP) is -2.28. The van der Waals surface area contributed by atoms with Crippen LogP contribution in [-0.2, 0) is 18.6 Å². The molecule has 0 aromatic heterocycles. The van der Waals surface area contributed by atoms with Crippen LogP contribution >= 0.6 is 7.82 Å². The standard InChI is InChI=1S/C7H13O6P.Na.H/c1-6(2)7(8)12-4-3-5-13-14(9,10)11;;/h1,3-5H2,2H3,(H2,9,10,11);;/q;+1;-1. The minimum atomic E-state index is -4.41. The molecule has 0 aliphatic rings. The molecule has 0 aliphatic carbocycles. The first-order valence-corrected chi connectivity index (χ1v) is 5.38. The molecule has 84 valence electrons. The fourth-order valence-corrected chi connectivity index (χ4v) is 0.897. The molecular formula is C7H14NaO6P. The van der Waals surface area contributed by atoms with Gasteiger partial charge in [-0.3, -0.25) is 4.52 Å². The molecule has 0 spiro atoms. The van der Waals surface area contributed by atoms with Gasteiger partial charge in [-0.25, -0.2) is 9.36 Å². The summed E-state index contributed by atoms with van der Waals surface area (Å²) in [5, 5.41) is 0. The summed E-state index contributed by atoms with van der Waals surface area (Å²) in [5.74, 6) is -0.527. The predicted molar refractivity (Wildman–Crippen MR) is 49.5 cm³/mol. The van der Waals surface area contributed by atoms with E-state index in [1.165, 1.54) is 6.92 Å². The number of ether oxygens (including phenoxy) is 1. The number of hydrogen-bond donors (Lipinski definition) is 2. The van der Waals surface area contributed by atoms with Crippen molar-refractivity contribution in [1.82, 2.24) is 0 Å². The van der Waals surface area contributed by atoms with Crippen molar-refractivity contribution in [2.75, 3.05) is 13.2 Å². The van der Waals surface area contributed by atoms with Crippen LogP contribution < -0.4 is 29.6 Å². The number of esters is 1. The van der Waals surface area contributed by atoms with E-state index in [-0.39, 0.29) is 56.2 Å². The van der Waals surface area contributed by atoms with Gasteiger partial charge in [0.05, 0.1) is 13.2 Å². The number of phosphoric acid groups is 1. The molecule has 2 N–H and O–H groups in total. The van der Waals surface area contributed by atoms with Crippen LogP contribution in [0.4, 0.5) is 0 Å². The van der Waals surface area contributed by atoms with Gasteiger partial charge < -0.3 is 16.0 Å². The summed E-state index contributed by atoms with van der Waals surface area (Å²) in [6.07, 6.45) is 0.226. The van der Waals surface area contributed by atoms with Gasteiger partial charge in [0.25, 0.3) is 0 Å². The molecule has 0 unspecified atom stereocenters. The fraction of sp³-hybridized carbons (Fsp3) is 0.571. The van der Waals surface area contributed by atoms with E-state index < -0.39 is 13.8 Å². The molecule has 8 heteroatoms. The molecule has 0 amide bonds. The van der Waals surface area contributed by atoms with Gasteiger partial charge in [0.2, 0.25) is 0 Å². The van der Waals surface area contributed by atoms with Gasteiger partial charge in [0.1, 0.15) is 0 Å². The Morgan fingerprint density at radius 2 is 2.00 bits per heavy atom. The molecule has 15 heavy (non-hydrogen) atoms. The third kappa shape index (κ3) is 12.3. The molecule has 0 atom stereocenters. The molecule has 0 rings (SSSR count). The number of hydrogen-bond acceptors (Lipinski definition) is 4. The van der Waals surface area contributed by atoms with E-state index in [1.54, 1.807) is 0 Å². The second-order valence-corrected chi connectivity index (χ2v) is 3.83. The van der Waals surface area contributed by atoms with Crippen LogP contribution in [0.3, 0.4) is 0 Å². The van der Waals surface area contributed by atoms with E-state index in [9.17, 15) is 9.36 Å². The Morgan fingerprint density at radius 1 is 1.47 bits per heavy atom. The zero-order valence-corrected chi connectivity index (χ0v) is 11.7. The van der Waals surface area contributed by atoms with Crippen molar-refractivity contribution in [3.8, 4) is 0 Å². The smallest absolute Gasteiger partial charge is 1.00 e. The van der Waals surface area contributed by atoms with Crippen molar-refractivity contribution < 1.29 is 59.4 Å². The second-order valence-electron chi connectivity index (χ2n) is 2.59. The summed E-state index contributed by atoms with van der Waals surface area (Å²) in [6, 6.07) is 0. The molecule has 6 nitrogen and oxygen atoms in total. The molecule has 0 heterocycles. The Labute approximate surface area is 112 Å². The molecule has 0 saturated heterocycles. The molecule has 0 aromatic carbocycles. The van der Waals surface area contributed by atoms with E-state index in [4.69, 9.17) is 9.79 Å². The number of phosphoric ester groups is 1. The SMILES string of the molecule is C=C(C)C(=O)OCCCOP(=O)(O)O.[H-].[Na+]. The van der Waals surface area contributed by atoms with Gasteiger partial charge >= 0.3 is 43.3 Å². The molecule has 0 aliphatic heterocycles. The third-order valence-electron chi connectivity index (χ3n) is 1.13. The molecule has 0 saturated carbocycles. The number of carbonyl (C=O) groups excluding carboxylic acids is 1. The van der Waals surface area contributed by atoms with Gasteiger partial charge in [-0.2, -0.15) is 0 Å². The average Bonchev–Trinajstić information content (AvgIpc) is 2.01. The maximum absolute atomic E-state index is 10.8. The van der Waals surface area contributed by atoms with Gasteiger partial charge in [-0.15, -0.1) is 0 Å². The van der Waals surface area contributed by atoms with Crippen LogP contribution in [0.25, 0.3) is 0 Å². The fourth-order valence-electron chi connectivity index (χ4n) is 0.530. The largest absolute Gasteiger partial charge is 1.00 e. The Hall–Kier alpha value is 0.320. The zero-order valence-electron chi connectivity index (χ0n) is 9.80. The van der Waals surface area contributed by atoms with Crippen molar-refractivity contribution in [2.45, 2.75) is 13.3 Å². The minimum absolute atomic E-state index is 0. The normalized spacial score (nSPS) is 10.3. The van der Waals surface area contributed by atoms with Crippen LogP contribution in [0.5, 0.6) is 0 Å². The Balaban J connectivity index is -0.000000845. The number of carbonyl (C=O) groups is 1. The Bertz CT molecular complexity index is 266. The summed E-state index contributed by atoms with van der Waals surface area (Å²) in [7, 11) is -4.41. The van der Waals surface area contributed by atoms with E-state index in [2.05, 4.69) is 15.8 Å². The van der Waals surface area contributed by atoms with Crippen molar-refractivity contribution in [3.63, 3.8) is 0 Å². The summed E-state index contributed by atoms with van der Waals surface area (Å²) in [6.45, 7) is 4.76. The Morgan fingerprint density at radius 3 is 2.40 bits per heavy atom. The average molecular weight is 248 g/mol. The van der Waals surface area contributed by atoms with Crippen LogP contribution in [-0.4, -0.2) is 29.0 Å². The van der Waals surface area contributed by atoms with Gasteiger partial charge in [0, 0.05) is 12.0 Å². The molecule has 0 radical (unpaired) electrons. The zero-order chi connectivity index (χ0) is 11.2. The van der Waals surface area contributed by atoms with Crippen LogP contribution in [0, 0.1) is 0 Å². The first kappa shape index (κ1) is 17.7. The third-order valence-corrected chi connectivity index (χ3v) is 1.65. The van der Waals surface area contributed by atoms with E-state index in [1.807, 2.05) is 0 Å². The van der Waals surface area contributed by atoms with Crippen molar-refractivity contribution in [1.29, 1.82) is 0 Å². The monoisotopic (exact) mass is 248 g/mol. The Kier molecular flexibility index (Phi) is 10.00. The molecule has 0 aromatic rings. The quantitative estimate of drug-likeness (QED) is 0.181. The van der Waals surface area contributed by atoms with Crippen LogP contribution in [0.2, 0.25) is 0 Å². The van der Waals surface area contributed by atoms with E-state index in [0.717, 1.165) is 0 Å². The summed E-state index contributed by atoms with van der Waals surface area (Å²) in [4.78, 5) is 27.3. The van der Waals surface area contributed by atoms with Crippen molar-refractivity contribution in [2.24, 2.45) is 0 Å². The first-order chi connectivity index (χ1) is 6.33. The second kappa shape index (κ2) is 8.47. The van der Waals surface area contributed by atoms with Gasteiger partial charge in [-0.1, -0.05) is 6.58 Å². The first-order valence-electron chi connectivity index (χ1n) is 3.85.